The number of carbonyl (C=O) groups excluding carboxylic acids is 1. The van der Waals surface area contributed by atoms with E-state index in [9.17, 15) is 40.6 Å². The number of hydrogen-bond donors (Lipinski definition) is 3. The number of rotatable bonds is 24. The minimum atomic E-state index is -4.72. The van der Waals surface area contributed by atoms with Crippen molar-refractivity contribution < 1.29 is 45.4 Å². The van der Waals surface area contributed by atoms with Crippen molar-refractivity contribution in [2.24, 2.45) is 40.9 Å². The summed E-state index contributed by atoms with van der Waals surface area (Å²) >= 11 is 0. The summed E-state index contributed by atoms with van der Waals surface area (Å²) in [4.78, 5) is 38.0. The Bertz CT molecular complexity index is 3510. The highest BCUT2D eigenvalue weighted by molar-refractivity contribution is 7.86. The summed E-state index contributed by atoms with van der Waals surface area (Å²) in [6, 6.07) is 36.1. The van der Waals surface area contributed by atoms with Gasteiger partial charge in [-0.25, -0.2) is 4.98 Å². The number of nitrogens with zero attached hydrogens (tertiary/aromatic N) is 12. The quantitative estimate of drug-likeness (QED) is 0.0219. The Morgan fingerprint density at radius 2 is 1.03 bits per heavy atom. The molecule has 0 bridgehead atoms. The number of benzene rings is 6. The summed E-state index contributed by atoms with van der Waals surface area (Å²) < 4.78 is 71.5. The van der Waals surface area contributed by atoms with Crippen molar-refractivity contribution in [1.29, 1.82) is 0 Å². The van der Waals surface area contributed by atoms with Gasteiger partial charge in [0.25, 0.3) is 26.7 Å². The number of carboxylic acids is 1. The molecule has 0 aliphatic heterocycles. The second-order valence-electron chi connectivity index (χ2n) is 16.6. The molecule has 0 aliphatic rings. The number of hydrogen-bond acceptors (Lipinski definition) is 19. The van der Waals surface area contributed by atoms with Crippen LogP contribution < -0.4 is 4.90 Å². The van der Waals surface area contributed by atoms with Crippen LogP contribution in [0, 0.1) is 13.8 Å². The van der Waals surface area contributed by atoms with Crippen molar-refractivity contribution >= 4 is 84.1 Å². The molecule has 75 heavy (non-hydrogen) atoms. The number of aliphatic carboxylic acids is 1. The van der Waals surface area contributed by atoms with Crippen LogP contribution in [0.1, 0.15) is 53.2 Å². The Morgan fingerprint density at radius 1 is 0.560 bits per heavy atom. The number of aromatic nitrogens is 3. The van der Waals surface area contributed by atoms with Crippen LogP contribution in [0.4, 0.5) is 51.4 Å². The van der Waals surface area contributed by atoms with E-state index in [2.05, 4.69) is 40.9 Å². The fourth-order valence-electron chi connectivity index (χ4n) is 7.19. The zero-order valence-corrected chi connectivity index (χ0v) is 42.0. The maximum absolute atomic E-state index is 12.4. The van der Waals surface area contributed by atoms with Gasteiger partial charge in [-0.1, -0.05) is 42.5 Å². The molecule has 0 amide bonds. The topological polar surface area (TPSA) is 313 Å². The number of ether oxygens (including phenoxy) is 1. The zero-order chi connectivity index (χ0) is 53.4. The Balaban J connectivity index is 1.09. The Hall–Kier alpha value is -8.71. The summed E-state index contributed by atoms with van der Waals surface area (Å²) in [5.41, 5.74) is 6.31. The van der Waals surface area contributed by atoms with Gasteiger partial charge in [0.1, 0.15) is 22.2 Å². The fourth-order valence-corrected chi connectivity index (χ4v) is 8.31. The maximum atomic E-state index is 12.4. The van der Waals surface area contributed by atoms with Gasteiger partial charge in [0.2, 0.25) is 5.95 Å². The maximum Gasteiger partial charge on any atom is 0.303 e. The van der Waals surface area contributed by atoms with Gasteiger partial charge < -0.3 is 14.7 Å². The van der Waals surface area contributed by atoms with E-state index >= 15 is 0 Å². The summed E-state index contributed by atoms with van der Waals surface area (Å²) in [5, 5.41) is 43.2. The highest BCUT2D eigenvalue weighted by Gasteiger charge is 2.19. The molecule has 0 radical (unpaired) electrons. The normalized spacial score (nSPS) is 12.1. The average molecular weight is 1050 g/mol. The van der Waals surface area contributed by atoms with Crippen LogP contribution in [0.3, 0.4) is 0 Å². The Morgan fingerprint density at radius 3 is 1.55 bits per heavy atom. The zero-order valence-electron chi connectivity index (χ0n) is 40.3. The molecule has 0 saturated carbocycles. The number of carboxylic acid groups (broad SMARTS) is 1. The van der Waals surface area contributed by atoms with Gasteiger partial charge in [-0.15, -0.1) is 5.11 Å². The van der Waals surface area contributed by atoms with Crippen LogP contribution in [0.25, 0.3) is 0 Å². The molecule has 7 aromatic rings. The number of aryl methyl sites for hydroxylation is 2. The molecule has 3 N–H and O–H groups in total. The standard InChI is InChI=1S/C51H48N12O10S2/c1-34-28-36(11-22-44(34)60-58-40-15-13-39(14-16-40)56-57-41-17-20-43(21-18-41)74(67,68)69)30-48-52-49(54-51(53-48)63(25-6-10-50(65)66)26-7-27-73-33-64)31-37-12-23-45(35(2)29-37)61-62-46-24-19-42(32-47(46)75(70,71)72)59-55-38-8-4-3-5-9-38/h3-5,8-9,11-24,28-29,32-33H,6-7,10,25-27,30-31H2,1-2H3,(H,65,66)(H,67,68,69)(H,70,71,72). The molecule has 0 atom stereocenters. The minimum absolute atomic E-state index is 0.0835. The van der Waals surface area contributed by atoms with E-state index in [1.165, 1.54) is 36.4 Å². The SMILES string of the molecule is Cc1cc(Cc2nc(Cc3ccc(N=Nc4ccc(N=Nc5ccccc5)cc4S(=O)(=O)O)c(C)c3)nc(N(CCCOC=O)CCCC(=O)O)n2)ccc1N=Nc1ccc(N=Nc2ccc(S(=O)(=O)O)cc2)cc1. The van der Waals surface area contributed by atoms with Crippen LogP contribution in [-0.2, 0) is 47.4 Å². The van der Waals surface area contributed by atoms with Gasteiger partial charge in [-0.05, 0) is 140 Å². The molecule has 24 heteroatoms. The van der Waals surface area contributed by atoms with Crippen LogP contribution in [0.15, 0.2) is 184 Å². The van der Waals surface area contributed by atoms with Gasteiger partial charge in [0.05, 0.1) is 51.3 Å². The molecule has 0 fully saturated rings. The average Bonchev–Trinajstić information content (AvgIpc) is 3.38. The lowest BCUT2D eigenvalue weighted by molar-refractivity contribution is -0.137. The van der Waals surface area contributed by atoms with Gasteiger partial charge in [0.15, 0.2) is 0 Å². The third kappa shape index (κ3) is 16.4. The van der Waals surface area contributed by atoms with E-state index < -0.39 is 31.1 Å². The first kappa shape index (κ1) is 54.1. The van der Waals surface area contributed by atoms with Crippen molar-refractivity contribution in [3.63, 3.8) is 0 Å². The van der Waals surface area contributed by atoms with Crippen molar-refractivity contribution in [3.8, 4) is 0 Å². The highest BCUT2D eigenvalue weighted by Crippen LogP contribution is 2.33. The first-order chi connectivity index (χ1) is 36.0. The number of carbonyl (C=O) groups is 2. The first-order valence-electron chi connectivity index (χ1n) is 22.9. The smallest absolute Gasteiger partial charge is 0.303 e. The predicted molar refractivity (Wildman–Crippen MR) is 276 cm³/mol. The van der Waals surface area contributed by atoms with E-state index in [1.54, 1.807) is 60.7 Å². The molecule has 0 aliphatic carbocycles. The van der Waals surface area contributed by atoms with E-state index in [4.69, 9.17) is 19.7 Å². The number of anilines is 1. The van der Waals surface area contributed by atoms with Crippen molar-refractivity contribution in [1.82, 2.24) is 15.0 Å². The van der Waals surface area contributed by atoms with Crippen LogP contribution in [0.5, 0.6) is 0 Å². The number of azo groups is 4. The van der Waals surface area contributed by atoms with Crippen LogP contribution in [-0.4, -0.2) is 78.1 Å². The second kappa shape index (κ2) is 25.3. The summed E-state index contributed by atoms with van der Waals surface area (Å²) in [6.45, 7) is 4.87. The van der Waals surface area contributed by atoms with Crippen molar-refractivity contribution in [2.45, 2.75) is 55.7 Å². The third-order valence-electron chi connectivity index (χ3n) is 10.9. The molecule has 22 nitrogen and oxygen atoms in total. The Labute approximate surface area is 431 Å². The summed E-state index contributed by atoms with van der Waals surface area (Å²) in [5.74, 6) is 0.228. The lowest BCUT2D eigenvalue weighted by Gasteiger charge is -2.23. The lowest BCUT2D eigenvalue weighted by Crippen LogP contribution is -2.30. The van der Waals surface area contributed by atoms with E-state index in [0.29, 0.717) is 96.1 Å². The lowest BCUT2D eigenvalue weighted by atomic mass is 10.1. The molecule has 0 saturated heterocycles. The van der Waals surface area contributed by atoms with Crippen LogP contribution in [0.2, 0.25) is 0 Å². The van der Waals surface area contributed by atoms with Gasteiger partial charge in [-0.3, -0.25) is 18.7 Å². The molecule has 7 rings (SSSR count). The van der Waals surface area contributed by atoms with Gasteiger partial charge in [0, 0.05) is 32.4 Å². The van der Waals surface area contributed by atoms with Crippen molar-refractivity contribution in [3.05, 3.63) is 167 Å². The van der Waals surface area contributed by atoms with Gasteiger partial charge >= 0.3 is 5.97 Å². The van der Waals surface area contributed by atoms with Crippen LogP contribution >= 0.6 is 0 Å². The molecular weight excluding hydrogens is 1000 g/mol. The molecule has 1 heterocycles. The third-order valence-corrected chi connectivity index (χ3v) is 12.6. The molecule has 0 unspecified atom stereocenters. The minimum Gasteiger partial charge on any atom is -0.481 e. The molecule has 0 spiro atoms. The second-order valence-corrected chi connectivity index (χ2v) is 19.4. The molecule has 6 aromatic carbocycles. The molecule has 1 aromatic heterocycles. The van der Waals surface area contributed by atoms with E-state index in [-0.39, 0.29) is 35.7 Å². The summed E-state index contributed by atoms with van der Waals surface area (Å²) in [7, 11) is -9.04. The Kier molecular flexibility index (Phi) is 18.2. The monoisotopic (exact) mass is 1050 g/mol. The molecular formula is C51H48N12O10S2. The fraction of sp³-hybridized carbons (Fsp3) is 0.196. The van der Waals surface area contributed by atoms with Gasteiger partial charge in [-0.2, -0.15) is 62.6 Å². The van der Waals surface area contributed by atoms with E-state index in [1.807, 2.05) is 49.1 Å². The van der Waals surface area contributed by atoms with E-state index in [0.717, 1.165) is 22.8 Å². The first-order valence-corrected chi connectivity index (χ1v) is 25.8. The largest absolute Gasteiger partial charge is 0.481 e. The highest BCUT2D eigenvalue weighted by atomic mass is 32.2. The van der Waals surface area contributed by atoms with Crippen molar-refractivity contribution in [2.75, 3.05) is 24.6 Å². The predicted octanol–water partition coefficient (Wildman–Crippen LogP) is 12.1. The summed E-state index contributed by atoms with van der Waals surface area (Å²) in [6.07, 6.45) is 1.18. The molecule has 384 valence electrons.